The molecule has 184 valence electrons. The first-order valence-corrected chi connectivity index (χ1v) is 13.0. The van der Waals surface area contributed by atoms with Gasteiger partial charge < -0.3 is 9.64 Å². The molecule has 1 N–H and O–H groups in total. The fourth-order valence-electron chi connectivity index (χ4n) is 5.39. The van der Waals surface area contributed by atoms with Crippen LogP contribution >= 0.6 is 15.9 Å². The van der Waals surface area contributed by atoms with E-state index in [0.29, 0.717) is 26.3 Å². The Balaban J connectivity index is 1.46. The van der Waals surface area contributed by atoms with Crippen LogP contribution in [0.1, 0.15) is 28.5 Å². The Hall–Kier alpha value is -3.29. The molecule has 1 aliphatic heterocycles. The van der Waals surface area contributed by atoms with Gasteiger partial charge in [-0.3, -0.25) is 9.59 Å². The number of carbonyl (C=O) groups is 2. The van der Waals surface area contributed by atoms with Gasteiger partial charge in [-0.2, -0.15) is 5.10 Å². The van der Waals surface area contributed by atoms with E-state index in [4.69, 9.17) is 4.74 Å². The number of hydrazone groups is 1. The second-order valence-electron chi connectivity index (χ2n) is 9.15. The first-order chi connectivity index (χ1) is 17.6. The lowest BCUT2D eigenvalue weighted by molar-refractivity contribution is -0.151. The van der Waals surface area contributed by atoms with Crippen LogP contribution in [0.2, 0.25) is 0 Å². The smallest absolute Gasteiger partial charge is 0.244 e. The number of halogens is 1. The Morgan fingerprint density at radius 3 is 2.06 bits per heavy atom. The maximum Gasteiger partial charge on any atom is 0.244 e. The summed E-state index contributed by atoms with van der Waals surface area (Å²) < 4.78 is 6.41. The molecule has 2 aliphatic rings. The van der Waals surface area contributed by atoms with Crippen LogP contribution in [-0.2, 0) is 14.3 Å². The van der Waals surface area contributed by atoms with Crippen molar-refractivity contribution >= 4 is 34.0 Å². The van der Waals surface area contributed by atoms with Gasteiger partial charge in [-0.25, -0.2) is 5.43 Å². The normalized spacial score (nSPS) is 23.8. The quantitative estimate of drug-likeness (QED) is 0.364. The number of carbonyl (C=O) groups excluding carboxylic acids is 2. The molecule has 1 saturated heterocycles. The minimum Gasteiger partial charge on any atom is -0.378 e. The van der Waals surface area contributed by atoms with Crippen molar-refractivity contribution in [3.05, 3.63) is 106 Å². The lowest BCUT2D eigenvalue weighted by Crippen LogP contribution is -2.57. The summed E-state index contributed by atoms with van der Waals surface area (Å²) in [6, 6.07) is 27.5. The number of hydrogen-bond acceptors (Lipinski definition) is 4. The van der Waals surface area contributed by atoms with Gasteiger partial charge in [0.25, 0.3) is 0 Å². The molecule has 0 spiro atoms. The molecule has 36 heavy (non-hydrogen) atoms. The van der Waals surface area contributed by atoms with E-state index >= 15 is 0 Å². The zero-order valence-corrected chi connectivity index (χ0v) is 21.4. The zero-order valence-electron chi connectivity index (χ0n) is 19.8. The Labute approximate surface area is 219 Å². The van der Waals surface area contributed by atoms with Crippen molar-refractivity contribution in [2.75, 3.05) is 26.3 Å². The van der Waals surface area contributed by atoms with E-state index in [1.807, 2.05) is 89.8 Å². The number of hydrogen-bond donors (Lipinski definition) is 1. The average Bonchev–Trinajstić information content (AvgIpc) is 2.90. The fourth-order valence-corrected chi connectivity index (χ4v) is 5.80. The Bertz CT molecular complexity index is 1180. The van der Waals surface area contributed by atoms with Gasteiger partial charge in [0, 0.05) is 29.4 Å². The van der Waals surface area contributed by atoms with Gasteiger partial charge in [-0.05, 0) is 28.8 Å². The molecule has 3 aromatic rings. The molecular weight excluding hydrogens is 518 g/mol. The third kappa shape index (κ3) is 5.13. The van der Waals surface area contributed by atoms with Crippen LogP contribution in [0, 0.1) is 11.8 Å². The lowest BCUT2D eigenvalue weighted by Gasteiger charge is -2.52. The Kier molecular flexibility index (Phi) is 7.58. The van der Waals surface area contributed by atoms with Crippen molar-refractivity contribution in [3.8, 4) is 0 Å². The van der Waals surface area contributed by atoms with Crippen LogP contribution < -0.4 is 5.43 Å². The number of rotatable bonds is 6. The van der Waals surface area contributed by atoms with Crippen LogP contribution in [0.4, 0.5) is 0 Å². The molecule has 1 saturated carbocycles. The van der Waals surface area contributed by atoms with Crippen LogP contribution in [0.5, 0.6) is 0 Å². The van der Waals surface area contributed by atoms with E-state index in [-0.39, 0.29) is 29.6 Å². The van der Waals surface area contributed by atoms with E-state index in [1.54, 1.807) is 6.21 Å². The zero-order chi connectivity index (χ0) is 24.9. The molecular formula is C29H28BrN3O3. The standard InChI is InChI=1S/C29H28BrN3O3/c30-23-13-7-8-20(18-23)19-31-32-28(34)26-24(21-9-3-1-4-10-21)27(25(26)22-11-5-2-6-12-22)29(35)33-14-16-36-17-15-33/h1-13,18-19,24-27H,14-17H2,(H,32,34)/b31-19-/t24-,25+,26?,27?. The summed E-state index contributed by atoms with van der Waals surface area (Å²) in [7, 11) is 0. The van der Waals surface area contributed by atoms with Crippen molar-refractivity contribution in [1.29, 1.82) is 0 Å². The number of benzene rings is 3. The molecule has 0 aromatic heterocycles. The monoisotopic (exact) mass is 545 g/mol. The van der Waals surface area contributed by atoms with E-state index < -0.39 is 5.92 Å². The largest absolute Gasteiger partial charge is 0.378 e. The summed E-state index contributed by atoms with van der Waals surface area (Å²) in [6.45, 7) is 2.23. The Morgan fingerprint density at radius 1 is 0.861 bits per heavy atom. The minimum absolute atomic E-state index is 0.0858. The van der Waals surface area contributed by atoms with Gasteiger partial charge in [0.2, 0.25) is 11.8 Å². The van der Waals surface area contributed by atoms with Crippen LogP contribution in [0.25, 0.3) is 0 Å². The summed E-state index contributed by atoms with van der Waals surface area (Å²) in [5, 5.41) is 4.24. The van der Waals surface area contributed by atoms with Crippen molar-refractivity contribution in [2.45, 2.75) is 11.8 Å². The molecule has 2 unspecified atom stereocenters. The molecule has 5 rings (SSSR count). The Morgan fingerprint density at radius 2 is 1.47 bits per heavy atom. The van der Waals surface area contributed by atoms with Gasteiger partial charge in [-0.1, -0.05) is 88.7 Å². The SMILES string of the molecule is O=C(N/N=C\c1cccc(Br)c1)C1[C@@H](c2ccccc2)C(C(=O)N2CCOCC2)[C@H]1c1ccccc1. The van der Waals surface area contributed by atoms with Gasteiger partial charge in [0.05, 0.1) is 31.3 Å². The third-order valence-corrected chi connectivity index (χ3v) is 7.56. The minimum atomic E-state index is -0.426. The predicted molar refractivity (Wildman–Crippen MR) is 143 cm³/mol. The third-order valence-electron chi connectivity index (χ3n) is 7.06. The first kappa shape index (κ1) is 24.4. The molecule has 1 heterocycles. The van der Waals surface area contributed by atoms with Crippen molar-refractivity contribution < 1.29 is 14.3 Å². The maximum absolute atomic E-state index is 13.9. The molecule has 0 radical (unpaired) electrons. The van der Waals surface area contributed by atoms with E-state index in [2.05, 4.69) is 26.5 Å². The lowest BCUT2D eigenvalue weighted by atomic mass is 9.51. The molecule has 2 fully saturated rings. The summed E-state index contributed by atoms with van der Waals surface area (Å²) in [5.41, 5.74) is 5.62. The molecule has 6 nitrogen and oxygen atoms in total. The number of amides is 2. The maximum atomic E-state index is 13.9. The number of morpholine rings is 1. The van der Waals surface area contributed by atoms with Crippen LogP contribution in [0.3, 0.4) is 0 Å². The fraction of sp³-hybridized carbons (Fsp3) is 0.276. The van der Waals surface area contributed by atoms with Crippen LogP contribution in [0.15, 0.2) is 94.5 Å². The predicted octanol–water partition coefficient (Wildman–Crippen LogP) is 4.57. The highest BCUT2D eigenvalue weighted by atomic mass is 79.9. The highest BCUT2D eigenvalue weighted by Crippen LogP contribution is 2.58. The summed E-state index contributed by atoms with van der Waals surface area (Å²) in [6.07, 6.45) is 1.63. The summed E-state index contributed by atoms with van der Waals surface area (Å²) in [5.74, 6) is -1.35. The highest BCUT2D eigenvalue weighted by molar-refractivity contribution is 9.10. The highest BCUT2D eigenvalue weighted by Gasteiger charge is 2.58. The second kappa shape index (κ2) is 11.2. The molecule has 1 aliphatic carbocycles. The average molecular weight is 546 g/mol. The van der Waals surface area contributed by atoms with Crippen LogP contribution in [-0.4, -0.2) is 49.2 Å². The van der Waals surface area contributed by atoms with E-state index in [9.17, 15) is 9.59 Å². The van der Waals surface area contributed by atoms with Gasteiger partial charge in [0.1, 0.15) is 0 Å². The number of nitrogens with zero attached hydrogens (tertiary/aromatic N) is 2. The molecule has 7 heteroatoms. The molecule has 2 amide bonds. The van der Waals surface area contributed by atoms with Crippen molar-refractivity contribution in [1.82, 2.24) is 10.3 Å². The first-order valence-electron chi connectivity index (χ1n) is 12.2. The summed E-state index contributed by atoms with van der Waals surface area (Å²) >= 11 is 3.45. The molecule has 0 bridgehead atoms. The number of ether oxygens (including phenoxy) is 1. The van der Waals surface area contributed by atoms with E-state index in [0.717, 1.165) is 21.2 Å². The summed E-state index contributed by atoms with van der Waals surface area (Å²) in [4.78, 5) is 29.4. The number of nitrogens with one attached hydrogen (secondary N) is 1. The second-order valence-corrected chi connectivity index (χ2v) is 10.1. The molecule has 3 aromatic carbocycles. The molecule has 4 atom stereocenters. The van der Waals surface area contributed by atoms with Gasteiger partial charge in [-0.15, -0.1) is 0 Å². The van der Waals surface area contributed by atoms with Crippen molar-refractivity contribution in [2.24, 2.45) is 16.9 Å². The van der Waals surface area contributed by atoms with E-state index in [1.165, 1.54) is 0 Å². The van der Waals surface area contributed by atoms with Gasteiger partial charge >= 0.3 is 0 Å². The van der Waals surface area contributed by atoms with Gasteiger partial charge in [0.15, 0.2) is 0 Å². The topological polar surface area (TPSA) is 71.0 Å². The van der Waals surface area contributed by atoms with Crippen molar-refractivity contribution in [3.63, 3.8) is 0 Å².